The number of hydrogen-bond acceptors (Lipinski definition) is 6. The lowest BCUT2D eigenvalue weighted by Crippen LogP contribution is -2.46. The van der Waals surface area contributed by atoms with E-state index in [9.17, 15) is 13.2 Å². The van der Waals surface area contributed by atoms with Gasteiger partial charge in [-0.2, -0.15) is 4.31 Å². The van der Waals surface area contributed by atoms with Gasteiger partial charge in [0.1, 0.15) is 10.6 Å². The molecule has 0 aromatic heterocycles. The van der Waals surface area contributed by atoms with E-state index in [1.54, 1.807) is 32.9 Å². The van der Waals surface area contributed by atoms with E-state index in [2.05, 4.69) is 15.5 Å². The molecule has 9 heteroatoms. The molecule has 0 saturated carbocycles. The molecule has 152 valence electrons. The molecule has 1 aliphatic rings. The Hall–Kier alpha value is -1.68. The molecule has 0 spiro atoms. The van der Waals surface area contributed by atoms with Crippen molar-refractivity contribution < 1.29 is 17.9 Å². The largest absolute Gasteiger partial charge is 0.492 e. The second-order valence-corrected chi connectivity index (χ2v) is 8.16. The topological polar surface area (TPSA) is 91.0 Å². The molecule has 2 rings (SSSR count). The molecule has 27 heavy (non-hydrogen) atoms. The highest BCUT2D eigenvalue weighted by molar-refractivity contribution is 7.89. The van der Waals surface area contributed by atoms with Gasteiger partial charge in [0.25, 0.3) is 0 Å². The van der Waals surface area contributed by atoms with Crippen LogP contribution >= 0.6 is 0 Å². The predicted octanol–water partition coefficient (Wildman–Crippen LogP) is 0.960. The molecule has 0 bridgehead atoms. The molecule has 1 fully saturated rings. The molecule has 2 N–H and O–H groups in total. The van der Waals surface area contributed by atoms with Gasteiger partial charge in [-0.1, -0.05) is 13.8 Å². The van der Waals surface area contributed by atoms with Crippen molar-refractivity contribution in [1.82, 2.24) is 14.5 Å². The van der Waals surface area contributed by atoms with Crippen molar-refractivity contribution in [2.24, 2.45) is 0 Å². The van der Waals surface area contributed by atoms with Crippen LogP contribution in [0.3, 0.4) is 0 Å². The molecule has 1 heterocycles. The van der Waals surface area contributed by atoms with E-state index in [4.69, 9.17) is 4.74 Å². The average molecular weight is 399 g/mol. The fraction of sp³-hybridized carbons (Fsp3) is 0.611. The van der Waals surface area contributed by atoms with Crippen molar-refractivity contribution >= 4 is 21.6 Å². The van der Waals surface area contributed by atoms with Crippen LogP contribution in [-0.2, 0) is 14.8 Å². The summed E-state index contributed by atoms with van der Waals surface area (Å²) in [5, 5.41) is 6.05. The minimum Gasteiger partial charge on any atom is -0.492 e. The van der Waals surface area contributed by atoms with Crippen LogP contribution < -0.4 is 15.4 Å². The average Bonchev–Trinajstić information content (AvgIpc) is 2.64. The number of rotatable bonds is 9. The Kier molecular flexibility index (Phi) is 8.03. The number of nitrogens with one attached hydrogen (secondary N) is 2. The molecule has 0 unspecified atom stereocenters. The summed E-state index contributed by atoms with van der Waals surface area (Å²) >= 11 is 0. The van der Waals surface area contributed by atoms with Crippen LogP contribution in [0.2, 0.25) is 0 Å². The predicted molar refractivity (Wildman–Crippen MR) is 106 cm³/mol. The first-order valence-electron chi connectivity index (χ1n) is 9.42. The SMILES string of the molecule is CCOc1ccc(NC(=O)CN2CCNCC2)cc1S(=O)(=O)N(CC)CC. The Morgan fingerprint density at radius 2 is 1.89 bits per heavy atom. The molecule has 1 aliphatic heterocycles. The number of amides is 1. The van der Waals surface area contributed by atoms with Crippen LogP contribution in [0.25, 0.3) is 0 Å². The first-order chi connectivity index (χ1) is 12.9. The van der Waals surface area contributed by atoms with Crippen molar-refractivity contribution in [1.29, 1.82) is 0 Å². The number of benzene rings is 1. The summed E-state index contributed by atoms with van der Waals surface area (Å²) in [4.78, 5) is 14.5. The van der Waals surface area contributed by atoms with Crippen LogP contribution in [0.1, 0.15) is 20.8 Å². The van der Waals surface area contributed by atoms with E-state index in [0.29, 0.717) is 31.1 Å². The molecule has 0 aliphatic carbocycles. The van der Waals surface area contributed by atoms with Gasteiger partial charge >= 0.3 is 0 Å². The quantitative estimate of drug-likeness (QED) is 0.644. The smallest absolute Gasteiger partial charge is 0.246 e. The van der Waals surface area contributed by atoms with Crippen molar-refractivity contribution in [3.63, 3.8) is 0 Å². The molecule has 1 aromatic rings. The number of sulfonamides is 1. The summed E-state index contributed by atoms with van der Waals surface area (Å²) in [5.41, 5.74) is 0.448. The minimum atomic E-state index is -3.70. The molecular weight excluding hydrogens is 368 g/mol. The van der Waals surface area contributed by atoms with Gasteiger partial charge in [-0.15, -0.1) is 0 Å². The zero-order chi connectivity index (χ0) is 19.9. The molecule has 1 amide bonds. The lowest BCUT2D eigenvalue weighted by molar-refractivity contribution is -0.117. The number of hydrogen-bond donors (Lipinski definition) is 2. The van der Waals surface area contributed by atoms with E-state index in [0.717, 1.165) is 26.2 Å². The fourth-order valence-electron chi connectivity index (χ4n) is 3.04. The van der Waals surface area contributed by atoms with E-state index < -0.39 is 10.0 Å². The lowest BCUT2D eigenvalue weighted by atomic mass is 10.3. The monoisotopic (exact) mass is 398 g/mol. The molecular formula is C18H30N4O4S. The number of anilines is 1. The Morgan fingerprint density at radius 3 is 2.48 bits per heavy atom. The van der Waals surface area contributed by atoms with Crippen molar-refractivity contribution in [3.8, 4) is 5.75 Å². The molecule has 0 radical (unpaired) electrons. The minimum absolute atomic E-state index is 0.0769. The first-order valence-corrected chi connectivity index (χ1v) is 10.9. The third kappa shape index (κ3) is 5.65. The van der Waals surface area contributed by atoms with E-state index >= 15 is 0 Å². The van der Waals surface area contributed by atoms with Crippen molar-refractivity contribution in [2.45, 2.75) is 25.7 Å². The molecule has 0 atom stereocenters. The van der Waals surface area contributed by atoms with E-state index in [1.165, 1.54) is 10.4 Å². The zero-order valence-electron chi connectivity index (χ0n) is 16.3. The fourth-order valence-corrected chi connectivity index (χ4v) is 4.65. The van der Waals surface area contributed by atoms with Gasteiger partial charge in [-0.25, -0.2) is 8.42 Å². The summed E-state index contributed by atoms with van der Waals surface area (Å²) in [6.07, 6.45) is 0. The maximum absolute atomic E-state index is 13.0. The van der Waals surface area contributed by atoms with E-state index in [1.807, 2.05) is 0 Å². The van der Waals surface area contributed by atoms with Crippen LogP contribution in [0.4, 0.5) is 5.69 Å². The van der Waals surface area contributed by atoms with Crippen molar-refractivity contribution in [3.05, 3.63) is 18.2 Å². The Balaban J connectivity index is 2.22. The number of carbonyl (C=O) groups excluding carboxylic acids is 1. The highest BCUT2D eigenvalue weighted by Gasteiger charge is 2.26. The van der Waals surface area contributed by atoms with Gasteiger partial charge in [0.2, 0.25) is 15.9 Å². The van der Waals surface area contributed by atoms with Gasteiger partial charge in [-0.05, 0) is 25.1 Å². The Bertz CT molecular complexity index is 729. The van der Waals surface area contributed by atoms with Crippen LogP contribution in [0.5, 0.6) is 5.75 Å². The van der Waals surface area contributed by atoms with Crippen LogP contribution in [0, 0.1) is 0 Å². The summed E-state index contributed by atoms with van der Waals surface area (Å²) in [6, 6.07) is 4.75. The zero-order valence-corrected chi connectivity index (χ0v) is 17.1. The molecule has 8 nitrogen and oxygen atoms in total. The summed E-state index contributed by atoms with van der Waals surface area (Å²) in [5.74, 6) is 0.136. The number of piperazine rings is 1. The van der Waals surface area contributed by atoms with Gasteiger partial charge in [0.05, 0.1) is 13.2 Å². The number of nitrogens with zero attached hydrogens (tertiary/aromatic N) is 2. The molecule has 1 saturated heterocycles. The second-order valence-electron chi connectivity index (χ2n) is 6.26. The third-order valence-corrected chi connectivity index (χ3v) is 6.50. The molecule has 1 aromatic carbocycles. The first kappa shape index (κ1) is 21.6. The normalized spacial score (nSPS) is 15.7. The van der Waals surface area contributed by atoms with Gasteiger partial charge in [0.15, 0.2) is 0 Å². The Morgan fingerprint density at radius 1 is 1.22 bits per heavy atom. The van der Waals surface area contributed by atoms with Crippen molar-refractivity contribution in [2.75, 3.05) is 57.7 Å². The van der Waals surface area contributed by atoms with Gasteiger partial charge < -0.3 is 15.4 Å². The second kappa shape index (κ2) is 10.0. The lowest BCUT2D eigenvalue weighted by Gasteiger charge is -2.26. The van der Waals surface area contributed by atoms with Gasteiger partial charge in [-0.3, -0.25) is 9.69 Å². The number of ether oxygens (including phenoxy) is 1. The van der Waals surface area contributed by atoms with Crippen LogP contribution in [0.15, 0.2) is 23.1 Å². The van der Waals surface area contributed by atoms with E-state index in [-0.39, 0.29) is 17.3 Å². The standard InChI is InChI=1S/C18H30N4O4S/c1-4-22(5-2)27(24,25)17-13-15(7-8-16(17)26-6-3)20-18(23)14-21-11-9-19-10-12-21/h7-8,13,19H,4-6,9-12,14H2,1-3H3,(H,20,23). The van der Waals surface area contributed by atoms with Gasteiger partial charge in [0, 0.05) is 45.0 Å². The Labute approximate surface area is 161 Å². The third-order valence-electron chi connectivity index (χ3n) is 4.43. The summed E-state index contributed by atoms with van der Waals surface area (Å²) in [6.45, 7) is 10.1. The highest BCUT2D eigenvalue weighted by Crippen LogP contribution is 2.30. The summed E-state index contributed by atoms with van der Waals surface area (Å²) in [7, 11) is -3.70. The summed E-state index contributed by atoms with van der Waals surface area (Å²) < 4.78 is 32.8. The number of carbonyl (C=O) groups is 1. The maximum Gasteiger partial charge on any atom is 0.246 e. The highest BCUT2D eigenvalue weighted by atomic mass is 32.2. The van der Waals surface area contributed by atoms with Crippen LogP contribution in [-0.4, -0.2) is 76.0 Å². The maximum atomic E-state index is 13.0.